The molecule has 0 radical (unpaired) electrons. The molecule has 1 heteroatoms. The SMILES string of the molecule is Cc1cc(/C=C/c2ccccc2)oc1C. The van der Waals surface area contributed by atoms with Crippen LogP contribution in [0.15, 0.2) is 40.8 Å². The Bertz CT molecular complexity index is 444. The maximum absolute atomic E-state index is 5.55. The monoisotopic (exact) mass is 198 g/mol. The fourth-order valence-electron chi connectivity index (χ4n) is 1.43. The molecule has 0 aliphatic carbocycles. The van der Waals surface area contributed by atoms with Crippen molar-refractivity contribution >= 4 is 12.2 Å². The summed E-state index contributed by atoms with van der Waals surface area (Å²) in [5.41, 5.74) is 2.38. The van der Waals surface area contributed by atoms with Gasteiger partial charge in [0.25, 0.3) is 0 Å². The van der Waals surface area contributed by atoms with Gasteiger partial charge in [-0.05, 0) is 37.1 Å². The normalized spacial score (nSPS) is 11.1. The molecule has 1 nitrogen and oxygen atoms in total. The molecule has 1 heterocycles. The molecule has 0 saturated heterocycles. The summed E-state index contributed by atoms with van der Waals surface area (Å²) in [5, 5.41) is 0. The van der Waals surface area contributed by atoms with Crippen molar-refractivity contribution in [3.63, 3.8) is 0 Å². The molecule has 0 N–H and O–H groups in total. The minimum Gasteiger partial charge on any atom is -0.462 e. The van der Waals surface area contributed by atoms with Crippen molar-refractivity contribution < 1.29 is 4.42 Å². The lowest BCUT2D eigenvalue weighted by molar-refractivity contribution is 0.523. The first-order valence-corrected chi connectivity index (χ1v) is 5.06. The molecule has 0 saturated carbocycles. The first-order chi connectivity index (χ1) is 7.25. The summed E-state index contributed by atoms with van der Waals surface area (Å²) in [5.74, 6) is 1.90. The number of hydrogen-bond acceptors (Lipinski definition) is 1. The Balaban J connectivity index is 2.19. The van der Waals surface area contributed by atoms with Crippen molar-refractivity contribution in [2.24, 2.45) is 0 Å². The summed E-state index contributed by atoms with van der Waals surface area (Å²) < 4.78 is 5.55. The van der Waals surface area contributed by atoms with Crippen LogP contribution in [0.3, 0.4) is 0 Å². The van der Waals surface area contributed by atoms with Crippen molar-refractivity contribution in [3.8, 4) is 0 Å². The molecule has 2 rings (SSSR count). The largest absolute Gasteiger partial charge is 0.462 e. The van der Waals surface area contributed by atoms with Gasteiger partial charge in [0.1, 0.15) is 11.5 Å². The molecule has 0 spiro atoms. The molecule has 0 aliphatic rings. The molecule has 2 aromatic rings. The number of furan rings is 1. The van der Waals surface area contributed by atoms with Gasteiger partial charge in [-0.15, -0.1) is 0 Å². The van der Waals surface area contributed by atoms with E-state index in [0.717, 1.165) is 11.5 Å². The van der Waals surface area contributed by atoms with Crippen molar-refractivity contribution in [2.75, 3.05) is 0 Å². The van der Waals surface area contributed by atoms with Crippen LogP contribution in [-0.2, 0) is 0 Å². The van der Waals surface area contributed by atoms with Crippen molar-refractivity contribution in [1.29, 1.82) is 0 Å². The van der Waals surface area contributed by atoms with E-state index in [1.807, 2.05) is 31.2 Å². The van der Waals surface area contributed by atoms with E-state index in [1.54, 1.807) is 0 Å². The predicted octanol–water partition coefficient (Wildman–Crippen LogP) is 4.07. The number of benzene rings is 1. The Morgan fingerprint density at radius 1 is 1.00 bits per heavy atom. The Kier molecular flexibility index (Phi) is 2.72. The Morgan fingerprint density at radius 3 is 2.33 bits per heavy atom. The third-order valence-electron chi connectivity index (χ3n) is 2.42. The highest BCUT2D eigenvalue weighted by molar-refractivity contribution is 5.67. The third kappa shape index (κ3) is 2.38. The van der Waals surface area contributed by atoms with Gasteiger partial charge in [-0.2, -0.15) is 0 Å². The Hall–Kier alpha value is -1.76. The van der Waals surface area contributed by atoms with Gasteiger partial charge in [0.2, 0.25) is 0 Å². The van der Waals surface area contributed by atoms with Crippen LogP contribution >= 0.6 is 0 Å². The van der Waals surface area contributed by atoms with E-state index in [-0.39, 0.29) is 0 Å². The number of aryl methyl sites for hydroxylation is 2. The lowest BCUT2D eigenvalue weighted by atomic mass is 10.2. The second-order valence-electron chi connectivity index (χ2n) is 3.63. The van der Waals surface area contributed by atoms with Gasteiger partial charge in [0, 0.05) is 0 Å². The summed E-state index contributed by atoms with van der Waals surface area (Å²) in [4.78, 5) is 0. The summed E-state index contributed by atoms with van der Waals surface area (Å²) in [7, 11) is 0. The predicted molar refractivity (Wildman–Crippen MR) is 63.6 cm³/mol. The highest BCUT2D eigenvalue weighted by Crippen LogP contribution is 2.15. The van der Waals surface area contributed by atoms with Crippen molar-refractivity contribution in [1.82, 2.24) is 0 Å². The molecule has 1 aromatic heterocycles. The molecule has 0 bridgehead atoms. The van der Waals surface area contributed by atoms with Crippen LogP contribution in [0.4, 0.5) is 0 Å². The smallest absolute Gasteiger partial charge is 0.127 e. The summed E-state index contributed by atoms with van der Waals surface area (Å²) in [6.45, 7) is 4.04. The summed E-state index contributed by atoms with van der Waals surface area (Å²) in [6, 6.07) is 12.3. The van der Waals surface area contributed by atoms with E-state index in [1.165, 1.54) is 11.1 Å². The molecule has 0 unspecified atom stereocenters. The zero-order chi connectivity index (χ0) is 10.7. The van der Waals surface area contributed by atoms with Gasteiger partial charge in [-0.3, -0.25) is 0 Å². The zero-order valence-corrected chi connectivity index (χ0v) is 9.03. The van der Waals surface area contributed by atoms with Gasteiger partial charge >= 0.3 is 0 Å². The van der Waals surface area contributed by atoms with E-state index < -0.39 is 0 Å². The first kappa shape index (κ1) is 9.78. The minimum absolute atomic E-state index is 0.911. The summed E-state index contributed by atoms with van der Waals surface area (Å²) >= 11 is 0. The lowest BCUT2D eigenvalue weighted by Gasteiger charge is -1.89. The van der Waals surface area contributed by atoms with Crippen LogP contribution in [0.5, 0.6) is 0 Å². The molecular formula is C14H14O. The van der Waals surface area contributed by atoms with Gasteiger partial charge in [0.05, 0.1) is 0 Å². The molecule has 76 valence electrons. The van der Waals surface area contributed by atoms with E-state index in [2.05, 4.69) is 31.2 Å². The third-order valence-corrected chi connectivity index (χ3v) is 2.42. The maximum atomic E-state index is 5.55. The van der Waals surface area contributed by atoms with Crippen LogP contribution in [0.1, 0.15) is 22.6 Å². The molecule has 0 amide bonds. The van der Waals surface area contributed by atoms with Gasteiger partial charge in [-0.1, -0.05) is 36.4 Å². The topological polar surface area (TPSA) is 13.1 Å². The van der Waals surface area contributed by atoms with Gasteiger partial charge < -0.3 is 4.42 Å². The molecule has 0 fully saturated rings. The van der Waals surface area contributed by atoms with E-state index >= 15 is 0 Å². The number of hydrogen-bond donors (Lipinski definition) is 0. The van der Waals surface area contributed by atoms with E-state index in [4.69, 9.17) is 4.42 Å². The first-order valence-electron chi connectivity index (χ1n) is 5.06. The van der Waals surface area contributed by atoms with Crippen LogP contribution in [0.25, 0.3) is 12.2 Å². The van der Waals surface area contributed by atoms with Crippen molar-refractivity contribution in [3.05, 3.63) is 59.0 Å². The Labute approximate surface area is 90.1 Å². The zero-order valence-electron chi connectivity index (χ0n) is 9.03. The lowest BCUT2D eigenvalue weighted by Crippen LogP contribution is -1.68. The average molecular weight is 198 g/mol. The fourth-order valence-corrected chi connectivity index (χ4v) is 1.43. The Morgan fingerprint density at radius 2 is 1.73 bits per heavy atom. The van der Waals surface area contributed by atoms with Crippen LogP contribution < -0.4 is 0 Å². The van der Waals surface area contributed by atoms with Crippen LogP contribution in [0, 0.1) is 13.8 Å². The molecule has 15 heavy (non-hydrogen) atoms. The highest BCUT2D eigenvalue weighted by atomic mass is 16.3. The van der Waals surface area contributed by atoms with Crippen LogP contribution in [0.2, 0.25) is 0 Å². The summed E-state index contributed by atoms with van der Waals surface area (Å²) in [6.07, 6.45) is 4.05. The fraction of sp³-hybridized carbons (Fsp3) is 0.143. The molecule has 0 atom stereocenters. The van der Waals surface area contributed by atoms with Gasteiger partial charge in [0.15, 0.2) is 0 Å². The van der Waals surface area contributed by atoms with Crippen LogP contribution in [-0.4, -0.2) is 0 Å². The standard InChI is InChI=1S/C14H14O/c1-11-10-14(15-12(11)2)9-8-13-6-4-3-5-7-13/h3-10H,1-2H3/b9-8+. The van der Waals surface area contributed by atoms with Gasteiger partial charge in [-0.25, -0.2) is 0 Å². The second kappa shape index (κ2) is 4.18. The highest BCUT2D eigenvalue weighted by Gasteiger charge is 1.98. The van der Waals surface area contributed by atoms with E-state index in [9.17, 15) is 0 Å². The quantitative estimate of drug-likeness (QED) is 0.709. The maximum Gasteiger partial charge on any atom is 0.127 e. The average Bonchev–Trinajstić information content (AvgIpc) is 2.57. The minimum atomic E-state index is 0.911. The second-order valence-corrected chi connectivity index (χ2v) is 3.63. The number of rotatable bonds is 2. The van der Waals surface area contributed by atoms with E-state index in [0.29, 0.717) is 0 Å². The van der Waals surface area contributed by atoms with Crippen molar-refractivity contribution in [2.45, 2.75) is 13.8 Å². The molecular weight excluding hydrogens is 184 g/mol. The molecule has 1 aromatic carbocycles. The molecule has 0 aliphatic heterocycles.